The number of nitrogens with one attached hydrogen (secondary N) is 1. The number of nitrogens with zero attached hydrogens (tertiary/aromatic N) is 2. The Kier molecular flexibility index (Phi) is 5.74. The summed E-state index contributed by atoms with van der Waals surface area (Å²) in [4.78, 5) is 31.4. The van der Waals surface area contributed by atoms with Crippen LogP contribution in [0.15, 0.2) is 66.7 Å². The van der Waals surface area contributed by atoms with Crippen LogP contribution in [-0.4, -0.2) is 29.4 Å². The van der Waals surface area contributed by atoms with Crippen molar-refractivity contribution in [3.05, 3.63) is 83.7 Å². The first kappa shape index (κ1) is 21.4. The monoisotopic (exact) mass is 459 g/mol. The van der Waals surface area contributed by atoms with E-state index in [1.54, 1.807) is 41.7 Å². The average molecular weight is 460 g/mol. The van der Waals surface area contributed by atoms with Gasteiger partial charge in [-0.1, -0.05) is 24.3 Å². The van der Waals surface area contributed by atoms with E-state index in [0.717, 1.165) is 20.8 Å². The van der Waals surface area contributed by atoms with Gasteiger partial charge in [0.1, 0.15) is 10.8 Å². The maximum Gasteiger partial charge on any atom is 0.251 e. The molecule has 1 saturated heterocycles. The molecule has 1 fully saturated rings. The summed E-state index contributed by atoms with van der Waals surface area (Å²) in [5.41, 5.74) is 4.22. The number of halogens is 1. The van der Waals surface area contributed by atoms with Crippen LogP contribution in [0.4, 0.5) is 10.1 Å². The van der Waals surface area contributed by atoms with Crippen molar-refractivity contribution in [3.63, 3.8) is 0 Å². The number of imide groups is 1. The molecule has 3 aromatic carbocycles. The summed E-state index contributed by atoms with van der Waals surface area (Å²) in [5, 5.41) is 4.00. The van der Waals surface area contributed by atoms with Crippen LogP contribution in [0, 0.1) is 12.7 Å². The maximum atomic E-state index is 13.8. The van der Waals surface area contributed by atoms with E-state index in [9.17, 15) is 14.0 Å². The van der Waals surface area contributed by atoms with Crippen molar-refractivity contribution in [3.8, 4) is 10.6 Å². The van der Waals surface area contributed by atoms with Crippen LogP contribution < -0.4 is 10.2 Å². The van der Waals surface area contributed by atoms with Gasteiger partial charge in [-0.05, 0) is 66.9 Å². The summed E-state index contributed by atoms with van der Waals surface area (Å²) in [6.07, 6.45) is 0.538. The maximum absolute atomic E-state index is 13.8. The Hall–Kier alpha value is -3.42. The number of amides is 2. The molecule has 0 saturated carbocycles. The normalized spacial score (nSPS) is 16.2. The number of carbonyl (C=O) groups is 2. The minimum Gasteiger partial charge on any atom is -0.305 e. The molecule has 7 heteroatoms. The Morgan fingerprint density at radius 2 is 1.88 bits per heavy atom. The number of aryl methyl sites for hydroxylation is 1. The minimum absolute atomic E-state index is 0.0923. The lowest BCUT2D eigenvalue weighted by Gasteiger charge is -2.16. The summed E-state index contributed by atoms with van der Waals surface area (Å²) >= 11 is 1.62. The molecule has 4 aromatic rings. The highest BCUT2D eigenvalue weighted by molar-refractivity contribution is 7.21. The molecular weight excluding hydrogens is 437 g/mol. The van der Waals surface area contributed by atoms with Gasteiger partial charge in [0.2, 0.25) is 5.91 Å². The lowest BCUT2D eigenvalue weighted by Crippen LogP contribution is -2.39. The summed E-state index contributed by atoms with van der Waals surface area (Å²) in [6, 6.07) is 19.5. The topological polar surface area (TPSA) is 62.3 Å². The molecule has 1 aliphatic heterocycles. The second-order valence-electron chi connectivity index (χ2n) is 8.16. The first-order chi connectivity index (χ1) is 16.0. The molecule has 1 N–H and O–H groups in total. The minimum atomic E-state index is -0.601. The van der Waals surface area contributed by atoms with E-state index in [1.807, 2.05) is 24.3 Å². The third-order valence-corrected chi connectivity index (χ3v) is 6.87. The largest absolute Gasteiger partial charge is 0.305 e. The lowest BCUT2D eigenvalue weighted by atomic mass is 10.1. The molecule has 0 aliphatic carbocycles. The molecule has 0 radical (unpaired) electrons. The number of fused-ring (bicyclic) bond motifs is 1. The molecule has 2 amide bonds. The molecule has 0 bridgehead atoms. The number of hydrogen-bond donors (Lipinski definition) is 1. The highest BCUT2D eigenvalue weighted by atomic mass is 32.1. The smallest absolute Gasteiger partial charge is 0.251 e. The van der Waals surface area contributed by atoms with Crippen LogP contribution in [0.5, 0.6) is 0 Å². The second-order valence-corrected chi connectivity index (χ2v) is 9.19. The molecule has 33 heavy (non-hydrogen) atoms. The molecular formula is C26H22FN3O2S. The van der Waals surface area contributed by atoms with Gasteiger partial charge >= 0.3 is 0 Å². The Balaban J connectivity index is 1.27. The van der Waals surface area contributed by atoms with Crippen molar-refractivity contribution < 1.29 is 14.0 Å². The number of thiazole rings is 1. The molecule has 5 rings (SSSR count). The van der Waals surface area contributed by atoms with Crippen LogP contribution in [0.2, 0.25) is 0 Å². The van der Waals surface area contributed by atoms with E-state index >= 15 is 0 Å². The summed E-state index contributed by atoms with van der Waals surface area (Å²) in [7, 11) is 0. The van der Waals surface area contributed by atoms with Crippen LogP contribution in [0.25, 0.3) is 20.8 Å². The zero-order valence-corrected chi connectivity index (χ0v) is 18.9. The molecule has 1 aliphatic rings. The highest BCUT2D eigenvalue weighted by Gasteiger charge is 2.39. The summed E-state index contributed by atoms with van der Waals surface area (Å²) < 4.78 is 14.9. The third-order valence-electron chi connectivity index (χ3n) is 5.81. The lowest BCUT2D eigenvalue weighted by molar-refractivity contribution is -0.121. The van der Waals surface area contributed by atoms with E-state index in [-0.39, 0.29) is 24.1 Å². The fourth-order valence-corrected chi connectivity index (χ4v) is 5.12. The van der Waals surface area contributed by atoms with E-state index in [2.05, 4.69) is 18.3 Å². The van der Waals surface area contributed by atoms with E-state index in [0.29, 0.717) is 24.2 Å². The SMILES string of the molecule is Cc1ccc2nc(-c3ccc(N4C(=O)C[C@@H](NCCc5ccccc5F)C4=O)cc3)sc2c1. The number of anilines is 1. The Labute approximate surface area is 194 Å². The highest BCUT2D eigenvalue weighted by Crippen LogP contribution is 2.32. The van der Waals surface area contributed by atoms with Gasteiger partial charge in [0.15, 0.2) is 0 Å². The zero-order valence-electron chi connectivity index (χ0n) is 18.0. The van der Waals surface area contributed by atoms with Gasteiger partial charge in [0, 0.05) is 12.1 Å². The predicted molar refractivity (Wildman–Crippen MR) is 129 cm³/mol. The molecule has 0 spiro atoms. The Morgan fingerprint density at radius 1 is 1.09 bits per heavy atom. The van der Waals surface area contributed by atoms with Gasteiger partial charge in [-0.25, -0.2) is 14.3 Å². The number of hydrogen-bond acceptors (Lipinski definition) is 5. The van der Waals surface area contributed by atoms with Crippen molar-refractivity contribution in [2.75, 3.05) is 11.4 Å². The van der Waals surface area contributed by atoms with Gasteiger partial charge in [0.05, 0.1) is 28.4 Å². The van der Waals surface area contributed by atoms with Crippen LogP contribution in [-0.2, 0) is 16.0 Å². The van der Waals surface area contributed by atoms with E-state index in [4.69, 9.17) is 4.98 Å². The first-order valence-electron chi connectivity index (χ1n) is 10.8. The fraction of sp³-hybridized carbons (Fsp3) is 0.192. The van der Waals surface area contributed by atoms with Gasteiger partial charge < -0.3 is 5.32 Å². The van der Waals surface area contributed by atoms with Crippen LogP contribution >= 0.6 is 11.3 Å². The van der Waals surface area contributed by atoms with Crippen LogP contribution in [0.3, 0.4) is 0 Å². The number of carbonyl (C=O) groups excluding carboxylic acids is 2. The summed E-state index contributed by atoms with van der Waals surface area (Å²) in [5.74, 6) is -0.790. The average Bonchev–Trinajstić information content (AvgIpc) is 3.35. The van der Waals surface area contributed by atoms with Crippen molar-refractivity contribution in [2.24, 2.45) is 0 Å². The number of rotatable bonds is 6. The van der Waals surface area contributed by atoms with Gasteiger partial charge in [0.25, 0.3) is 5.91 Å². The molecule has 5 nitrogen and oxygen atoms in total. The number of benzene rings is 3. The molecule has 1 atom stereocenters. The molecule has 2 heterocycles. The first-order valence-corrected chi connectivity index (χ1v) is 11.6. The molecule has 1 aromatic heterocycles. The standard InChI is InChI=1S/C26H22FN3O2S/c1-16-6-11-21-23(14-16)33-25(29-21)18-7-9-19(10-8-18)30-24(31)15-22(26(30)32)28-13-12-17-4-2-3-5-20(17)27/h2-11,14,22,28H,12-13,15H2,1H3/t22-/m1/s1. The van der Waals surface area contributed by atoms with Gasteiger partial charge in [-0.2, -0.15) is 0 Å². The van der Waals surface area contributed by atoms with Crippen molar-refractivity contribution in [1.29, 1.82) is 0 Å². The Morgan fingerprint density at radius 3 is 2.67 bits per heavy atom. The van der Waals surface area contributed by atoms with Crippen molar-refractivity contribution in [1.82, 2.24) is 10.3 Å². The zero-order chi connectivity index (χ0) is 22.9. The third kappa shape index (κ3) is 4.29. The van der Waals surface area contributed by atoms with Crippen molar-refractivity contribution >= 4 is 39.1 Å². The van der Waals surface area contributed by atoms with Crippen molar-refractivity contribution in [2.45, 2.75) is 25.8 Å². The second kappa shape index (κ2) is 8.84. The van der Waals surface area contributed by atoms with E-state index < -0.39 is 6.04 Å². The van der Waals surface area contributed by atoms with E-state index in [1.165, 1.54) is 16.5 Å². The van der Waals surface area contributed by atoms with Crippen LogP contribution in [0.1, 0.15) is 17.5 Å². The van der Waals surface area contributed by atoms with Gasteiger partial charge in [-0.3, -0.25) is 9.59 Å². The quantitative estimate of drug-likeness (QED) is 0.418. The molecule has 0 unspecified atom stereocenters. The Bertz CT molecular complexity index is 1350. The fourth-order valence-electron chi connectivity index (χ4n) is 4.05. The van der Waals surface area contributed by atoms with Gasteiger partial charge in [-0.15, -0.1) is 11.3 Å². The summed E-state index contributed by atoms with van der Waals surface area (Å²) in [6.45, 7) is 2.47. The number of aromatic nitrogens is 1. The molecule has 166 valence electrons. The predicted octanol–water partition coefficient (Wildman–Crippen LogP) is 4.88.